The number of nitrogens with one attached hydrogen (secondary N) is 3. The maximum absolute atomic E-state index is 13.3. The molecule has 0 saturated carbocycles. The second-order valence-electron chi connectivity index (χ2n) is 9.67. The Kier molecular flexibility index (Phi) is 7.12. The molecular formula is C28H27Cl3N6O. The second-order valence-corrected chi connectivity index (χ2v) is 10.9. The largest absolute Gasteiger partial charge is 0.333 e. The van der Waals surface area contributed by atoms with Gasteiger partial charge in [-0.15, -0.1) is 5.53 Å². The van der Waals surface area contributed by atoms with Crippen LogP contribution in [0.2, 0.25) is 15.1 Å². The average molecular weight is 570 g/mol. The molecule has 0 radical (unpaired) electrons. The number of benzene rings is 3. The maximum Gasteiger partial charge on any atom is 0.326 e. The second kappa shape index (κ2) is 10.7. The zero-order chi connectivity index (χ0) is 26.2. The molecular weight excluding hydrogens is 543 g/mol. The van der Waals surface area contributed by atoms with Gasteiger partial charge in [0.05, 0.1) is 21.4 Å². The van der Waals surface area contributed by atoms with Crippen LogP contribution in [0.25, 0.3) is 11.1 Å². The summed E-state index contributed by atoms with van der Waals surface area (Å²) < 4.78 is 0. The smallest absolute Gasteiger partial charge is 0.326 e. The van der Waals surface area contributed by atoms with Gasteiger partial charge >= 0.3 is 6.03 Å². The Bertz CT molecular complexity index is 1390. The standard InChI is InChI=1S/C28H27Cl3N6O/c29-23-5-2-1-4-20(23)21-14-18(17-35-11-8-19(9-12-35)36-13-10-33-34-36)15-26-22(21)16-32-28(38)37(26)27-24(30)6-3-7-25(27)31/h1-7,10,13-15,19,33-34H,8-9,11-12,16-17H2,(H,32,38). The van der Waals surface area contributed by atoms with Crippen molar-refractivity contribution in [1.82, 2.24) is 26.2 Å². The van der Waals surface area contributed by atoms with Crippen molar-refractivity contribution in [3.05, 3.63) is 93.2 Å². The predicted molar refractivity (Wildman–Crippen MR) is 153 cm³/mol. The topological polar surface area (TPSA) is 62.9 Å². The van der Waals surface area contributed by atoms with Gasteiger partial charge in [-0.25, -0.2) is 4.79 Å². The maximum atomic E-state index is 13.3. The first-order valence-corrected chi connectivity index (χ1v) is 13.7. The lowest BCUT2D eigenvalue weighted by Crippen LogP contribution is -2.48. The number of likely N-dealkylation sites (tertiary alicyclic amines) is 1. The number of hydrazine groups is 2. The molecule has 2 amide bonds. The van der Waals surface area contributed by atoms with E-state index in [1.165, 1.54) is 0 Å². The van der Waals surface area contributed by atoms with Gasteiger partial charge in [-0.3, -0.25) is 14.8 Å². The van der Waals surface area contributed by atoms with Gasteiger partial charge < -0.3 is 10.7 Å². The van der Waals surface area contributed by atoms with E-state index in [-0.39, 0.29) is 6.03 Å². The van der Waals surface area contributed by atoms with Crippen molar-refractivity contribution in [1.29, 1.82) is 0 Å². The van der Waals surface area contributed by atoms with Crippen LogP contribution < -0.4 is 21.2 Å². The number of urea groups is 1. The van der Waals surface area contributed by atoms with E-state index in [9.17, 15) is 4.79 Å². The molecule has 0 unspecified atom stereocenters. The molecule has 3 N–H and O–H groups in total. The van der Waals surface area contributed by atoms with Crippen LogP contribution in [0.5, 0.6) is 0 Å². The molecule has 3 aromatic carbocycles. The number of piperidine rings is 1. The summed E-state index contributed by atoms with van der Waals surface area (Å²) in [5, 5.41) is 6.61. The Balaban J connectivity index is 1.39. The van der Waals surface area contributed by atoms with Gasteiger partial charge in [-0.1, -0.05) is 59.1 Å². The Morgan fingerprint density at radius 2 is 1.63 bits per heavy atom. The van der Waals surface area contributed by atoms with Crippen molar-refractivity contribution in [3.8, 4) is 11.1 Å². The van der Waals surface area contributed by atoms with Crippen molar-refractivity contribution >= 4 is 52.2 Å². The number of rotatable bonds is 5. The monoisotopic (exact) mass is 568 g/mol. The number of halogens is 3. The molecule has 0 bridgehead atoms. The highest BCUT2D eigenvalue weighted by molar-refractivity contribution is 6.40. The number of carbonyl (C=O) groups excluding carboxylic acids is 1. The summed E-state index contributed by atoms with van der Waals surface area (Å²) in [5.74, 6) is 0. The first-order valence-electron chi connectivity index (χ1n) is 12.6. The first kappa shape index (κ1) is 25.3. The number of hydrogen-bond acceptors (Lipinski definition) is 5. The Hall–Kier alpha value is -2.94. The lowest BCUT2D eigenvalue weighted by Gasteiger charge is -2.37. The Labute approximate surface area is 236 Å². The molecule has 3 heterocycles. The minimum absolute atomic E-state index is 0.268. The summed E-state index contributed by atoms with van der Waals surface area (Å²) in [7, 11) is 0. The summed E-state index contributed by atoms with van der Waals surface area (Å²) >= 11 is 19.9. The summed E-state index contributed by atoms with van der Waals surface area (Å²) in [5.41, 5.74) is 11.4. The highest BCUT2D eigenvalue weighted by atomic mass is 35.5. The summed E-state index contributed by atoms with van der Waals surface area (Å²) in [6, 6.07) is 17.5. The number of nitrogens with zero attached hydrogens (tertiary/aromatic N) is 3. The summed E-state index contributed by atoms with van der Waals surface area (Å²) in [6.07, 6.45) is 6.04. The highest BCUT2D eigenvalue weighted by Gasteiger charge is 2.32. The predicted octanol–water partition coefficient (Wildman–Crippen LogP) is 6.44. The van der Waals surface area contributed by atoms with E-state index in [0.717, 1.165) is 60.4 Å². The lowest BCUT2D eigenvalue weighted by molar-refractivity contribution is 0.105. The summed E-state index contributed by atoms with van der Waals surface area (Å²) in [4.78, 5) is 17.3. The fraction of sp³-hybridized carbons (Fsp3) is 0.250. The Morgan fingerprint density at radius 3 is 2.34 bits per heavy atom. The van der Waals surface area contributed by atoms with Crippen LogP contribution in [0.1, 0.15) is 24.0 Å². The van der Waals surface area contributed by atoms with Crippen molar-refractivity contribution in [2.45, 2.75) is 32.0 Å². The van der Waals surface area contributed by atoms with Crippen LogP contribution >= 0.6 is 34.8 Å². The van der Waals surface area contributed by atoms with Gasteiger partial charge in [0.2, 0.25) is 0 Å². The van der Waals surface area contributed by atoms with Gasteiger partial charge in [-0.05, 0) is 54.3 Å². The van der Waals surface area contributed by atoms with Crippen LogP contribution in [-0.2, 0) is 13.1 Å². The molecule has 3 aromatic rings. The van der Waals surface area contributed by atoms with Crippen molar-refractivity contribution in [3.63, 3.8) is 0 Å². The van der Waals surface area contributed by atoms with Crippen molar-refractivity contribution in [2.24, 2.45) is 0 Å². The third-order valence-electron chi connectivity index (χ3n) is 7.34. The number of carbonyl (C=O) groups is 1. The fourth-order valence-electron chi connectivity index (χ4n) is 5.48. The van der Waals surface area contributed by atoms with Gasteiger partial charge in [0.1, 0.15) is 0 Å². The zero-order valence-corrected chi connectivity index (χ0v) is 22.8. The van der Waals surface area contributed by atoms with E-state index in [2.05, 4.69) is 38.3 Å². The fourth-order valence-corrected chi connectivity index (χ4v) is 6.29. The molecule has 3 aliphatic heterocycles. The molecule has 0 aliphatic carbocycles. The quantitative estimate of drug-likeness (QED) is 0.330. The molecule has 0 aromatic heterocycles. The molecule has 196 valence electrons. The highest BCUT2D eigenvalue weighted by Crippen LogP contribution is 2.44. The lowest BCUT2D eigenvalue weighted by atomic mass is 9.93. The third-order valence-corrected chi connectivity index (χ3v) is 8.28. The molecule has 0 atom stereocenters. The molecule has 3 aliphatic rings. The minimum Gasteiger partial charge on any atom is -0.333 e. The van der Waals surface area contributed by atoms with E-state index < -0.39 is 0 Å². The van der Waals surface area contributed by atoms with Crippen LogP contribution in [-0.4, -0.2) is 35.1 Å². The zero-order valence-electron chi connectivity index (χ0n) is 20.6. The average Bonchev–Trinajstić information content (AvgIpc) is 3.45. The SMILES string of the molecule is O=C1NCc2c(-c3ccccc3Cl)cc(CN3CCC(N4C=CNN4)CC3)cc2N1c1c(Cl)cccc1Cl. The molecule has 6 rings (SSSR count). The van der Waals surface area contributed by atoms with E-state index in [1.54, 1.807) is 23.1 Å². The van der Waals surface area contributed by atoms with E-state index in [4.69, 9.17) is 34.8 Å². The minimum atomic E-state index is -0.268. The molecule has 7 nitrogen and oxygen atoms in total. The first-order chi connectivity index (χ1) is 18.5. The van der Waals surface area contributed by atoms with E-state index >= 15 is 0 Å². The number of fused-ring (bicyclic) bond motifs is 1. The number of anilines is 2. The van der Waals surface area contributed by atoms with Crippen LogP contribution in [0.4, 0.5) is 16.2 Å². The van der Waals surface area contributed by atoms with Crippen LogP contribution in [0.3, 0.4) is 0 Å². The molecule has 1 saturated heterocycles. The molecule has 0 spiro atoms. The van der Waals surface area contributed by atoms with Crippen LogP contribution in [0, 0.1) is 0 Å². The van der Waals surface area contributed by atoms with Gasteiger partial charge in [0.15, 0.2) is 0 Å². The summed E-state index contributed by atoms with van der Waals surface area (Å²) in [6.45, 7) is 3.07. The molecule has 38 heavy (non-hydrogen) atoms. The Morgan fingerprint density at radius 1 is 0.895 bits per heavy atom. The third kappa shape index (κ3) is 4.81. The molecule has 1 fully saturated rings. The van der Waals surface area contributed by atoms with Gasteiger partial charge in [0.25, 0.3) is 0 Å². The number of para-hydroxylation sites is 1. The number of amides is 2. The van der Waals surface area contributed by atoms with Crippen LogP contribution in [0.15, 0.2) is 67.0 Å². The molecule has 10 heteroatoms. The van der Waals surface area contributed by atoms with E-state index in [1.807, 2.05) is 36.7 Å². The van der Waals surface area contributed by atoms with Crippen molar-refractivity contribution < 1.29 is 4.79 Å². The van der Waals surface area contributed by atoms with Crippen molar-refractivity contribution in [2.75, 3.05) is 18.0 Å². The van der Waals surface area contributed by atoms with Gasteiger partial charge in [-0.2, -0.15) is 0 Å². The normalized spacial score (nSPS) is 17.9. The number of hydrogen-bond donors (Lipinski definition) is 3. The van der Waals surface area contributed by atoms with Gasteiger partial charge in [0, 0.05) is 60.8 Å². The van der Waals surface area contributed by atoms with E-state index in [0.29, 0.717) is 33.3 Å².